The van der Waals surface area contributed by atoms with Crippen molar-refractivity contribution in [2.24, 2.45) is 0 Å². The zero-order chi connectivity index (χ0) is 17.6. The molecule has 1 fully saturated rings. The van der Waals surface area contributed by atoms with Gasteiger partial charge in [0, 0.05) is 25.5 Å². The number of carbonyl (C=O) groups excluding carboxylic acids is 1. The molecule has 1 amide bonds. The van der Waals surface area contributed by atoms with Gasteiger partial charge in [0.1, 0.15) is 5.69 Å². The van der Waals surface area contributed by atoms with Crippen LogP contribution in [0.2, 0.25) is 0 Å². The van der Waals surface area contributed by atoms with Gasteiger partial charge < -0.3 is 4.90 Å². The average Bonchev–Trinajstić information content (AvgIpc) is 3.28. The Morgan fingerprint density at radius 2 is 1.96 bits per heavy atom. The monoisotopic (exact) mass is 357 g/mol. The molecule has 0 spiro atoms. The van der Waals surface area contributed by atoms with Crippen molar-refractivity contribution in [2.45, 2.75) is 45.7 Å². The van der Waals surface area contributed by atoms with Crippen LogP contribution in [0.15, 0.2) is 29.6 Å². The average molecular weight is 358 g/mol. The van der Waals surface area contributed by atoms with Crippen LogP contribution in [0, 0.1) is 0 Å². The molecule has 0 radical (unpaired) electrons. The van der Waals surface area contributed by atoms with E-state index in [1.54, 1.807) is 16.2 Å². The molecule has 1 aliphatic heterocycles. The van der Waals surface area contributed by atoms with E-state index in [1.165, 1.54) is 37.1 Å². The fraction of sp³-hybridized carbons (Fsp3) is 0.500. The second kappa shape index (κ2) is 8.59. The molecule has 134 valence electrons. The fourth-order valence-electron chi connectivity index (χ4n) is 3.31. The molecule has 0 unspecified atom stereocenters. The van der Waals surface area contributed by atoms with Gasteiger partial charge in [-0.1, -0.05) is 31.2 Å². The van der Waals surface area contributed by atoms with Crippen molar-refractivity contribution in [2.75, 3.05) is 20.1 Å². The molecule has 2 heterocycles. The molecule has 0 bridgehead atoms. The van der Waals surface area contributed by atoms with Crippen molar-refractivity contribution in [1.82, 2.24) is 14.8 Å². The predicted molar refractivity (Wildman–Crippen MR) is 103 cm³/mol. The number of nitrogens with zero attached hydrogens (tertiary/aromatic N) is 3. The lowest BCUT2D eigenvalue weighted by molar-refractivity contribution is 0.0779. The molecule has 0 saturated carbocycles. The Labute approximate surface area is 154 Å². The largest absolute Gasteiger partial charge is 0.336 e. The summed E-state index contributed by atoms with van der Waals surface area (Å²) in [6.07, 6.45) is 4.59. The van der Waals surface area contributed by atoms with Gasteiger partial charge in [0.05, 0.1) is 5.01 Å². The Morgan fingerprint density at radius 1 is 1.24 bits per heavy atom. The molecular weight excluding hydrogens is 330 g/mol. The molecule has 1 saturated heterocycles. The molecule has 0 N–H and O–H groups in total. The third kappa shape index (κ3) is 4.67. The summed E-state index contributed by atoms with van der Waals surface area (Å²) in [4.78, 5) is 21.5. The lowest BCUT2D eigenvalue weighted by atomic mass is 10.1. The molecule has 0 aliphatic carbocycles. The normalized spacial score (nSPS) is 14.8. The van der Waals surface area contributed by atoms with Gasteiger partial charge in [0.15, 0.2) is 0 Å². The molecule has 0 atom stereocenters. The van der Waals surface area contributed by atoms with E-state index in [-0.39, 0.29) is 5.91 Å². The highest BCUT2D eigenvalue weighted by Crippen LogP contribution is 2.19. The molecular formula is C20H27N3OS. The Kier molecular flexibility index (Phi) is 6.21. The number of hydrogen-bond donors (Lipinski definition) is 0. The molecule has 1 aromatic carbocycles. The van der Waals surface area contributed by atoms with Gasteiger partial charge in [-0.25, -0.2) is 4.98 Å². The van der Waals surface area contributed by atoms with Crippen LogP contribution in [0.3, 0.4) is 0 Å². The van der Waals surface area contributed by atoms with Gasteiger partial charge in [-0.15, -0.1) is 11.3 Å². The summed E-state index contributed by atoms with van der Waals surface area (Å²) in [5.74, 6) is 0.00887. The second-order valence-electron chi connectivity index (χ2n) is 6.79. The Balaban J connectivity index is 1.67. The first-order chi connectivity index (χ1) is 12.2. The Hall–Kier alpha value is -1.72. The van der Waals surface area contributed by atoms with E-state index in [9.17, 15) is 4.79 Å². The van der Waals surface area contributed by atoms with Gasteiger partial charge in [-0.2, -0.15) is 0 Å². The molecule has 1 aliphatic rings. The van der Waals surface area contributed by atoms with Crippen LogP contribution in [-0.2, 0) is 19.5 Å². The van der Waals surface area contributed by atoms with Gasteiger partial charge >= 0.3 is 0 Å². The highest BCUT2D eigenvalue weighted by Gasteiger charge is 2.18. The summed E-state index contributed by atoms with van der Waals surface area (Å²) in [6.45, 7) is 6.11. The minimum absolute atomic E-state index is 0.00887. The standard InChI is InChI=1S/C20H27N3OS/c1-3-8-19-21-18(15-25-19)20(24)22(2)13-16-9-4-5-10-17(16)14-23-11-6-7-12-23/h4-5,9-10,15H,3,6-8,11-14H2,1-2H3. The van der Waals surface area contributed by atoms with E-state index in [2.05, 4.69) is 41.1 Å². The third-order valence-corrected chi connectivity index (χ3v) is 5.61. The van der Waals surface area contributed by atoms with Gasteiger partial charge in [-0.05, 0) is 49.9 Å². The first kappa shape index (κ1) is 18.1. The fourth-order valence-corrected chi connectivity index (χ4v) is 4.18. The molecule has 25 heavy (non-hydrogen) atoms. The summed E-state index contributed by atoms with van der Waals surface area (Å²) in [5.41, 5.74) is 3.14. The molecule has 1 aromatic heterocycles. The van der Waals surface area contributed by atoms with Crippen LogP contribution in [0.25, 0.3) is 0 Å². The van der Waals surface area contributed by atoms with E-state index >= 15 is 0 Å². The maximum Gasteiger partial charge on any atom is 0.273 e. The van der Waals surface area contributed by atoms with Crippen molar-refractivity contribution in [1.29, 1.82) is 0 Å². The van der Waals surface area contributed by atoms with E-state index in [1.807, 2.05) is 12.4 Å². The zero-order valence-corrected chi connectivity index (χ0v) is 16.0. The lowest BCUT2D eigenvalue weighted by Gasteiger charge is -2.21. The van der Waals surface area contributed by atoms with E-state index < -0.39 is 0 Å². The smallest absolute Gasteiger partial charge is 0.273 e. The van der Waals surface area contributed by atoms with Crippen LogP contribution in [0.5, 0.6) is 0 Å². The van der Waals surface area contributed by atoms with Crippen LogP contribution < -0.4 is 0 Å². The number of hydrogen-bond acceptors (Lipinski definition) is 4. The van der Waals surface area contributed by atoms with Crippen molar-refractivity contribution < 1.29 is 4.79 Å². The number of aromatic nitrogens is 1. The Bertz CT molecular complexity index is 706. The minimum atomic E-state index is 0.00887. The topological polar surface area (TPSA) is 36.4 Å². The zero-order valence-electron chi connectivity index (χ0n) is 15.2. The molecule has 5 heteroatoms. The maximum absolute atomic E-state index is 12.7. The molecule has 2 aromatic rings. The number of likely N-dealkylation sites (tertiary alicyclic amines) is 1. The van der Waals surface area contributed by atoms with E-state index in [4.69, 9.17) is 0 Å². The third-order valence-electron chi connectivity index (χ3n) is 4.70. The van der Waals surface area contributed by atoms with Crippen LogP contribution in [0.1, 0.15) is 52.8 Å². The van der Waals surface area contributed by atoms with Gasteiger partial charge in [0.2, 0.25) is 0 Å². The van der Waals surface area contributed by atoms with Crippen molar-refractivity contribution in [3.63, 3.8) is 0 Å². The summed E-state index contributed by atoms with van der Waals surface area (Å²) in [5, 5.41) is 2.94. The molecule has 3 rings (SSSR count). The number of carbonyl (C=O) groups is 1. The van der Waals surface area contributed by atoms with Gasteiger partial charge in [-0.3, -0.25) is 9.69 Å². The van der Waals surface area contributed by atoms with E-state index in [0.29, 0.717) is 12.2 Å². The first-order valence-corrected chi connectivity index (χ1v) is 10.0. The number of thiazole rings is 1. The number of rotatable bonds is 7. The van der Waals surface area contributed by atoms with E-state index in [0.717, 1.165) is 24.4 Å². The van der Waals surface area contributed by atoms with Crippen LogP contribution >= 0.6 is 11.3 Å². The van der Waals surface area contributed by atoms with Crippen LogP contribution in [0.4, 0.5) is 0 Å². The SMILES string of the molecule is CCCc1nc(C(=O)N(C)Cc2ccccc2CN2CCCC2)cs1. The van der Waals surface area contributed by atoms with Crippen molar-refractivity contribution >= 4 is 17.2 Å². The molecule has 4 nitrogen and oxygen atoms in total. The van der Waals surface area contributed by atoms with Crippen molar-refractivity contribution in [3.05, 3.63) is 51.5 Å². The quantitative estimate of drug-likeness (QED) is 0.752. The Morgan fingerprint density at radius 3 is 2.68 bits per heavy atom. The number of aryl methyl sites for hydroxylation is 1. The highest BCUT2D eigenvalue weighted by molar-refractivity contribution is 7.09. The number of benzene rings is 1. The summed E-state index contributed by atoms with van der Waals surface area (Å²) in [6, 6.07) is 8.48. The predicted octanol–water partition coefficient (Wildman–Crippen LogP) is 3.96. The highest BCUT2D eigenvalue weighted by atomic mass is 32.1. The summed E-state index contributed by atoms with van der Waals surface area (Å²) >= 11 is 1.59. The van der Waals surface area contributed by atoms with Crippen LogP contribution in [-0.4, -0.2) is 40.8 Å². The minimum Gasteiger partial charge on any atom is -0.336 e. The maximum atomic E-state index is 12.7. The van der Waals surface area contributed by atoms with Gasteiger partial charge in [0.25, 0.3) is 5.91 Å². The first-order valence-electron chi connectivity index (χ1n) is 9.16. The van der Waals surface area contributed by atoms with Crippen molar-refractivity contribution in [3.8, 4) is 0 Å². The number of amides is 1. The lowest BCUT2D eigenvalue weighted by Crippen LogP contribution is -2.27. The summed E-state index contributed by atoms with van der Waals surface area (Å²) in [7, 11) is 1.87. The second-order valence-corrected chi connectivity index (χ2v) is 7.73. The summed E-state index contributed by atoms with van der Waals surface area (Å²) < 4.78 is 0.